The lowest BCUT2D eigenvalue weighted by Crippen LogP contribution is -2.09. The van der Waals surface area contributed by atoms with E-state index in [1.165, 1.54) is 7.11 Å². The first-order valence-corrected chi connectivity index (χ1v) is 3.80. The summed E-state index contributed by atoms with van der Waals surface area (Å²) in [5.74, 6) is 1.72. The summed E-state index contributed by atoms with van der Waals surface area (Å²) in [5.41, 5.74) is 1.48. The van der Waals surface area contributed by atoms with Gasteiger partial charge in [-0.25, -0.2) is 4.79 Å². The average molecular weight is 216 g/mol. The van der Waals surface area contributed by atoms with Crippen LogP contribution in [0.2, 0.25) is 0 Å². The number of carbonyl (C=O) groups is 1. The predicted molar refractivity (Wildman–Crippen MR) is 54.3 cm³/mol. The molecule has 0 aromatic carbocycles. The predicted octanol–water partition coefficient (Wildman–Crippen LogP) is 1.09. The molecule has 0 amide bonds. The van der Waals surface area contributed by atoms with Gasteiger partial charge in [0.2, 0.25) is 0 Å². The van der Waals surface area contributed by atoms with Crippen molar-refractivity contribution in [2.75, 3.05) is 7.11 Å². The maximum atomic E-state index is 10.5. The van der Waals surface area contributed by atoms with Crippen LogP contribution in [0, 0.1) is 0 Å². The van der Waals surface area contributed by atoms with Gasteiger partial charge in [-0.15, -0.1) is 12.4 Å². The molecule has 1 aliphatic rings. The third-order valence-electron chi connectivity index (χ3n) is 1.76. The van der Waals surface area contributed by atoms with E-state index in [0.717, 1.165) is 5.71 Å². The first-order chi connectivity index (χ1) is 6.31. The fraction of sp³-hybridized carbons (Fsp3) is 0.333. The fourth-order valence-corrected chi connectivity index (χ4v) is 1.14. The van der Waals surface area contributed by atoms with Crippen molar-refractivity contribution in [2.45, 2.75) is 12.8 Å². The molecule has 0 heterocycles. The molecular formula is C9H10ClNO3. The van der Waals surface area contributed by atoms with Crippen molar-refractivity contribution in [2.24, 2.45) is 5.16 Å². The lowest BCUT2D eigenvalue weighted by molar-refractivity contribution is -0.104. The topological polar surface area (TPSA) is 55.7 Å². The summed E-state index contributed by atoms with van der Waals surface area (Å²) < 4.78 is 0. The van der Waals surface area contributed by atoms with E-state index in [2.05, 4.69) is 9.99 Å². The van der Waals surface area contributed by atoms with Gasteiger partial charge in [0.1, 0.15) is 13.1 Å². The molecular weight excluding hydrogens is 206 g/mol. The molecule has 0 N–H and O–H groups in total. The van der Waals surface area contributed by atoms with E-state index < -0.39 is 0 Å². The highest BCUT2D eigenvalue weighted by molar-refractivity contribution is 5.98. The van der Waals surface area contributed by atoms with Gasteiger partial charge in [0.15, 0.2) is 6.29 Å². The first kappa shape index (κ1) is 12.6. The zero-order valence-corrected chi connectivity index (χ0v) is 8.47. The molecule has 0 spiro atoms. The largest absolute Gasteiger partial charge is 0.399 e. The van der Waals surface area contributed by atoms with Crippen LogP contribution in [0.1, 0.15) is 12.8 Å². The van der Waals surface area contributed by atoms with Gasteiger partial charge in [-0.05, 0) is 0 Å². The molecule has 14 heavy (non-hydrogen) atoms. The number of carbonyl (C=O) groups excluding carboxylic acids is 2. The van der Waals surface area contributed by atoms with Gasteiger partial charge in [0.25, 0.3) is 0 Å². The van der Waals surface area contributed by atoms with Gasteiger partial charge in [0, 0.05) is 18.4 Å². The summed E-state index contributed by atoms with van der Waals surface area (Å²) in [6.45, 7) is 0. The zero-order valence-electron chi connectivity index (χ0n) is 7.65. The second-order valence-corrected chi connectivity index (χ2v) is 2.58. The minimum absolute atomic E-state index is 0. The Hall–Kier alpha value is -1.38. The SMILES string of the molecule is CO/N=C1\CC=C(C=O)C(=C=O)C1.Cl. The zero-order chi connectivity index (χ0) is 9.68. The second-order valence-electron chi connectivity index (χ2n) is 2.58. The summed E-state index contributed by atoms with van der Waals surface area (Å²) >= 11 is 0. The number of rotatable bonds is 2. The van der Waals surface area contributed by atoms with Crippen LogP contribution >= 0.6 is 12.4 Å². The highest BCUT2D eigenvalue weighted by Crippen LogP contribution is 2.18. The number of hydrogen-bond donors (Lipinski definition) is 0. The molecule has 1 rings (SSSR count). The van der Waals surface area contributed by atoms with E-state index in [0.29, 0.717) is 30.3 Å². The van der Waals surface area contributed by atoms with Gasteiger partial charge < -0.3 is 4.84 Å². The lowest BCUT2D eigenvalue weighted by Gasteiger charge is -2.10. The van der Waals surface area contributed by atoms with E-state index in [1.807, 2.05) is 0 Å². The van der Waals surface area contributed by atoms with Crippen molar-refractivity contribution in [1.29, 1.82) is 0 Å². The van der Waals surface area contributed by atoms with Gasteiger partial charge >= 0.3 is 0 Å². The number of halogens is 1. The minimum Gasteiger partial charge on any atom is -0.399 e. The minimum atomic E-state index is 0. The number of allylic oxidation sites excluding steroid dienone is 3. The third kappa shape index (κ3) is 2.83. The maximum Gasteiger partial charge on any atom is 0.150 e. The van der Waals surface area contributed by atoms with Crippen molar-refractivity contribution < 1.29 is 14.4 Å². The second kappa shape index (κ2) is 6.13. The van der Waals surface area contributed by atoms with Gasteiger partial charge in [-0.1, -0.05) is 11.2 Å². The van der Waals surface area contributed by atoms with E-state index >= 15 is 0 Å². The molecule has 0 radical (unpaired) electrons. The standard InChI is InChI=1S/C9H9NO3.ClH/c1-13-10-9-3-2-7(5-11)8(4-9)6-12;/h2,5H,3-4H2,1H3;1H/b10-9+;. The average Bonchev–Trinajstić information content (AvgIpc) is 2.18. The smallest absolute Gasteiger partial charge is 0.150 e. The molecule has 1 aliphatic carbocycles. The van der Waals surface area contributed by atoms with Crippen LogP contribution in [0.3, 0.4) is 0 Å². The monoisotopic (exact) mass is 215 g/mol. The normalized spacial score (nSPS) is 17.9. The molecule has 4 nitrogen and oxygen atoms in total. The Kier molecular flexibility index (Phi) is 5.53. The van der Waals surface area contributed by atoms with E-state index in [4.69, 9.17) is 0 Å². The van der Waals surface area contributed by atoms with Crippen LogP contribution in [0.5, 0.6) is 0 Å². The Morgan fingerprint density at radius 2 is 2.36 bits per heavy atom. The van der Waals surface area contributed by atoms with Gasteiger partial charge in [-0.2, -0.15) is 0 Å². The molecule has 0 unspecified atom stereocenters. The quantitative estimate of drug-likeness (QED) is 0.394. The Labute approximate surface area is 87.7 Å². The molecule has 0 atom stereocenters. The van der Waals surface area contributed by atoms with Gasteiger partial charge in [-0.3, -0.25) is 4.79 Å². The molecule has 5 heteroatoms. The Balaban J connectivity index is 0.00000169. The van der Waals surface area contributed by atoms with Crippen LogP contribution in [0.25, 0.3) is 0 Å². The van der Waals surface area contributed by atoms with Crippen molar-refractivity contribution in [1.82, 2.24) is 0 Å². The molecule has 0 fully saturated rings. The van der Waals surface area contributed by atoms with E-state index in [-0.39, 0.29) is 12.4 Å². The van der Waals surface area contributed by atoms with Crippen molar-refractivity contribution in [3.8, 4) is 0 Å². The summed E-state index contributed by atoms with van der Waals surface area (Å²) in [7, 11) is 1.44. The third-order valence-corrected chi connectivity index (χ3v) is 1.76. The van der Waals surface area contributed by atoms with Crippen LogP contribution in [-0.2, 0) is 14.4 Å². The molecule has 0 bridgehead atoms. The number of hydrogen-bond acceptors (Lipinski definition) is 4. The van der Waals surface area contributed by atoms with Crippen molar-refractivity contribution in [3.63, 3.8) is 0 Å². The summed E-state index contributed by atoms with van der Waals surface area (Å²) in [6, 6.07) is 0. The van der Waals surface area contributed by atoms with E-state index in [9.17, 15) is 9.59 Å². The number of aldehydes is 1. The molecule has 0 saturated heterocycles. The maximum absolute atomic E-state index is 10.5. The van der Waals surface area contributed by atoms with Crippen LogP contribution in [0.4, 0.5) is 0 Å². The Morgan fingerprint density at radius 1 is 1.64 bits per heavy atom. The summed E-state index contributed by atoms with van der Waals surface area (Å²) in [6.07, 6.45) is 3.20. The summed E-state index contributed by atoms with van der Waals surface area (Å²) in [5, 5.41) is 3.71. The van der Waals surface area contributed by atoms with Crippen LogP contribution in [0.15, 0.2) is 22.4 Å². The fourth-order valence-electron chi connectivity index (χ4n) is 1.14. The first-order valence-electron chi connectivity index (χ1n) is 3.80. The Bertz CT molecular complexity index is 327. The van der Waals surface area contributed by atoms with Crippen LogP contribution < -0.4 is 0 Å². The van der Waals surface area contributed by atoms with Crippen LogP contribution in [-0.4, -0.2) is 25.0 Å². The Morgan fingerprint density at radius 3 is 2.86 bits per heavy atom. The van der Waals surface area contributed by atoms with E-state index in [1.54, 1.807) is 12.0 Å². The molecule has 0 aromatic heterocycles. The molecule has 76 valence electrons. The molecule has 0 aromatic rings. The van der Waals surface area contributed by atoms with Crippen molar-refractivity contribution in [3.05, 3.63) is 17.2 Å². The molecule has 0 aliphatic heterocycles. The highest BCUT2D eigenvalue weighted by atomic mass is 35.5. The summed E-state index contributed by atoms with van der Waals surface area (Å²) in [4.78, 5) is 25.4. The number of oxime groups is 1. The highest BCUT2D eigenvalue weighted by Gasteiger charge is 2.15. The number of nitrogens with zero attached hydrogens (tertiary/aromatic N) is 1. The molecule has 0 saturated carbocycles. The van der Waals surface area contributed by atoms with Crippen molar-refractivity contribution >= 4 is 30.3 Å². The lowest BCUT2D eigenvalue weighted by atomic mass is 9.94. The van der Waals surface area contributed by atoms with Gasteiger partial charge in [0.05, 0.1) is 11.3 Å².